The van der Waals surface area contributed by atoms with Gasteiger partial charge in [-0.15, -0.1) is 0 Å². The molecule has 0 amide bonds. The van der Waals surface area contributed by atoms with Crippen LogP contribution in [0, 0.1) is 0 Å². The summed E-state index contributed by atoms with van der Waals surface area (Å²) in [6, 6.07) is 0. The monoisotopic (exact) mass is 1230 g/mol. The van der Waals surface area contributed by atoms with Crippen LogP contribution in [0.5, 0.6) is 0 Å². The molecule has 498 valence electrons. The van der Waals surface area contributed by atoms with Crippen LogP contribution in [0.25, 0.3) is 0 Å². The van der Waals surface area contributed by atoms with Crippen molar-refractivity contribution < 1.29 is 37.6 Å². The van der Waals surface area contributed by atoms with Crippen molar-refractivity contribution in [3.63, 3.8) is 0 Å². The highest BCUT2D eigenvalue weighted by Crippen LogP contribution is 2.43. The summed E-state index contributed by atoms with van der Waals surface area (Å²) in [6.07, 6.45) is 101. The first kappa shape index (κ1) is 83.2. The SMILES string of the molecule is CC/C=C\C/C=C\C/C=C\C/C=C\C/C=C\C/C=C\C/C=C\C/C=C\C/C=C\C/C=C\CCCCCCCCCCCCC(=O)OC(COC(=O)CCCCCCCCCCCCCCC/C=C\CCCCCCCCCC)COP(=O)(O)OCCN. The van der Waals surface area contributed by atoms with Gasteiger partial charge in [0.15, 0.2) is 6.10 Å². The molecular weight excluding hydrogens is 1100 g/mol. The molecule has 0 aromatic carbocycles. The quantitative estimate of drug-likeness (QED) is 0.0264. The Balaban J connectivity index is 3.93. The molecule has 0 heterocycles. The van der Waals surface area contributed by atoms with Crippen molar-refractivity contribution in [1.82, 2.24) is 0 Å². The normalized spacial score (nSPS) is 13.7. The van der Waals surface area contributed by atoms with Gasteiger partial charge in [-0.2, -0.15) is 0 Å². The fourth-order valence-electron chi connectivity index (χ4n) is 9.78. The molecule has 9 nitrogen and oxygen atoms in total. The fourth-order valence-corrected chi connectivity index (χ4v) is 10.5. The van der Waals surface area contributed by atoms with Crippen molar-refractivity contribution in [2.75, 3.05) is 26.4 Å². The van der Waals surface area contributed by atoms with Gasteiger partial charge in [-0.3, -0.25) is 18.6 Å². The predicted molar refractivity (Wildman–Crippen MR) is 376 cm³/mol. The van der Waals surface area contributed by atoms with Gasteiger partial charge >= 0.3 is 19.8 Å². The Labute approximate surface area is 535 Å². The molecule has 3 N–H and O–H groups in total. The maximum Gasteiger partial charge on any atom is 0.472 e. The summed E-state index contributed by atoms with van der Waals surface area (Å²) in [5.41, 5.74) is 5.40. The molecule has 0 aromatic rings. The van der Waals surface area contributed by atoms with Gasteiger partial charge in [0.05, 0.1) is 13.2 Å². The van der Waals surface area contributed by atoms with Crippen LogP contribution in [0.15, 0.2) is 134 Å². The summed E-state index contributed by atoms with van der Waals surface area (Å²) in [5.74, 6) is -0.830. The molecule has 2 atom stereocenters. The topological polar surface area (TPSA) is 134 Å². The molecule has 87 heavy (non-hydrogen) atoms. The number of hydrogen-bond acceptors (Lipinski definition) is 8. The molecule has 0 aromatic heterocycles. The number of rotatable bonds is 66. The van der Waals surface area contributed by atoms with Crippen LogP contribution in [-0.2, 0) is 32.7 Å². The van der Waals surface area contributed by atoms with E-state index in [1.807, 2.05) is 0 Å². The van der Waals surface area contributed by atoms with Crippen molar-refractivity contribution in [3.05, 3.63) is 134 Å². The van der Waals surface area contributed by atoms with E-state index in [9.17, 15) is 19.0 Å². The van der Waals surface area contributed by atoms with Crippen molar-refractivity contribution in [1.29, 1.82) is 0 Å². The smallest absolute Gasteiger partial charge is 0.462 e. The van der Waals surface area contributed by atoms with Crippen LogP contribution in [0.2, 0.25) is 0 Å². The molecule has 0 aliphatic heterocycles. The maximum absolute atomic E-state index is 12.8. The Kier molecular flexibility index (Phi) is 68.1. The second-order valence-electron chi connectivity index (χ2n) is 23.4. The van der Waals surface area contributed by atoms with Gasteiger partial charge in [0, 0.05) is 19.4 Å². The number of esters is 2. The minimum absolute atomic E-state index is 0.0482. The first-order chi connectivity index (χ1) is 42.8. The Bertz CT molecular complexity index is 1890. The average molecular weight is 1230 g/mol. The van der Waals surface area contributed by atoms with E-state index in [4.69, 9.17) is 24.3 Å². The van der Waals surface area contributed by atoms with Crippen molar-refractivity contribution in [2.45, 2.75) is 315 Å². The lowest BCUT2D eigenvalue weighted by Gasteiger charge is -2.19. The number of hydrogen-bond donors (Lipinski definition) is 2. The average Bonchev–Trinajstić information content (AvgIpc) is 3.65. The van der Waals surface area contributed by atoms with E-state index in [1.165, 1.54) is 167 Å². The third kappa shape index (κ3) is 71.1. The van der Waals surface area contributed by atoms with Gasteiger partial charge in [-0.25, -0.2) is 4.57 Å². The third-order valence-corrected chi connectivity index (χ3v) is 16.0. The van der Waals surface area contributed by atoms with Crippen LogP contribution >= 0.6 is 7.82 Å². The van der Waals surface area contributed by atoms with E-state index in [0.717, 1.165) is 109 Å². The minimum Gasteiger partial charge on any atom is -0.462 e. The Morgan fingerprint density at radius 1 is 0.356 bits per heavy atom. The second kappa shape index (κ2) is 71.2. The lowest BCUT2D eigenvalue weighted by Crippen LogP contribution is -2.29. The number of carbonyl (C=O) groups is 2. The van der Waals surface area contributed by atoms with Gasteiger partial charge in [0.25, 0.3) is 0 Å². The number of ether oxygens (including phenoxy) is 2. The number of allylic oxidation sites excluding steroid dienone is 22. The molecule has 2 unspecified atom stereocenters. The molecule has 0 saturated heterocycles. The molecule has 0 saturated carbocycles. The summed E-state index contributed by atoms with van der Waals surface area (Å²) in [7, 11) is -4.40. The molecule has 0 fully saturated rings. The van der Waals surface area contributed by atoms with E-state index in [-0.39, 0.29) is 38.6 Å². The Morgan fingerprint density at radius 3 is 0.954 bits per heavy atom. The van der Waals surface area contributed by atoms with E-state index < -0.39 is 26.5 Å². The van der Waals surface area contributed by atoms with Gasteiger partial charge in [-0.1, -0.05) is 314 Å². The zero-order valence-electron chi connectivity index (χ0n) is 56.0. The zero-order valence-corrected chi connectivity index (χ0v) is 56.9. The largest absolute Gasteiger partial charge is 0.472 e. The van der Waals surface area contributed by atoms with Gasteiger partial charge in [0.2, 0.25) is 0 Å². The molecule has 0 rings (SSSR count). The number of phosphoric acid groups is 1. The molecule has 0 bridgehead atoms. The first-order valence-electron chi connectivity index (χ1n) is 35.7. The summed E-state index contributed by atoms with van der Waals surface area (Å²) in [5, 5.41) is 0. The van der Waals surface area contributed by atoms with Crippen molar-refractivity contribution in [2.24, 2.45) is 5.73 Å². The second-order valence-corrected chi connectivity index (χ2v) is 24.8. The van der Waals surface area contributed by atoms with Gasteiger partial charge < -0.3 is 20.1 Å². The molecule has 0 aliphatic carbocycles. The summed E-state index contributed by atoms with van der Waals surface area (Å²) < 4.78 is 33.2. The maximum atomic E-state index is 12.8. The number of unbranched alkanes of at least 4 members (excludes halogenated alkanes) is 31. The number of nitrogens with two attached hydrogens (primary N) is 1. The van der Waals surface area contributed by atoms with Crippen LogP contribution in [0.1, 0.15) is 309 Å². The summed E-state index contributed by atoms with van der Waals surface area (Å²) in [6.45, 7) is 3.65. The van der Waals surface area contributed by atoms with Crippen molar-refractivity contribution >= 4 is 19.8 Å². The lowest BCUT2D eigenvalue weighted by molar-refractivity contribution is -0.161. The van der Waals surface area contributed by atoms with E-state index in [1.54, 1.807) is 0 Å². The Morgan fingerprint density at radius 2 is 0.632 bits per heavy atom. The van der Waals surface area contributed by atoms with Crippen molar-refractivity contribution in [3.8, 4) is 0 Å². The van der Waals surface area contributed by atoms with Crippen LogP contribution in [-0.4, -0.2) is 49.3 Å². The third-order valence-electron chi connectivity index (χ3n) is 15.0. The molecule has 0 aliphatic rings. The molecule has 0 spiro atoms. The lowest BCUT2D eigenvalue weighted by atomic mass is 10.0. The molecular formula is C77H132NO8P. The van der Waals surface area contributed by atoms with Crippen LogP contribution < -0.4 is 5.73 Å². The zero-order chi connectivity index (χ0) is 63.0. The minimum atomic E-state index is -4.40. The summed E-state index contributed by atoms with van der Waals surface area (Å²) in [4.78, 5) is 35.4. The highest BCUT2D eigenvalue weighted by atomic mass is 31.2. The van der Waals surface area contributed by atoms with Gasteiger partial charge in [0.1, 0.15) is 6.61 Å². The first-order valence-corrected chi connectivity index (χ1v) is 37.2. The fraction of sp³-hybridized carbons (Fsp3) is 0.688. The van der Waals surface area contributed by atoms with E-state index >= 15 is 0 Å². The number of carbonyl (C=O) groups excluding carboxylic acids is 2. The van der Waals surface area contributed by atoms with Crippen LogP contribution in [0.4, 0.5) is 0 Å². The van der Waals surface area contributed by atoms with Crippen LogP contribution in [0.3, 0.4) is 0 Å². The Hall–Kier alpha value is -3.85. The molecule has 0 radical (unpaired) electrons. The molecule has 10 heteroatoms. The van der Waals surface area contributed by atoms with E-state index in [0.29, 0.717) is 6.42 Å². The van der Waals surface area contributed by atoms with E-state index in [2.05, 4.69) is 148 Å². The standard InChI is InChI=1S/C77H132NO8P/c1-3-5-7-9-11-13-15-17-19-21-23-25-27-29-30-31-32-33-34-35-36-37-38-39-40-41-42-43-44-46-48-50-52-54-56-58-60-62-64-66-68-70-77(80)86-75(74-85-87(81,82)84-72-71-78)73-83-76(79)69-67-65-63-61-59-57-55-53-51-49-47-45-28-26-24-22-20-18-16-14-12-10-8-6-4-2/h5,7,11,13,17,19,22-25,29-30,32-33,35-36,38-39,41-42,44,46,75H,3-4,6,8-10,12,14-16,18,20-21,26-28,31,34,37,40,43,45,47-74,78H2,1-2H3,(H,81,82)/b7-5-,13-11-,19-17-,24-22-,25-23-,30-29-,33-32-,36-35-,39-38-,42-41-,46-44-. The highest BCUT2D eigenvalue weighted by molar-refractivity contribution is 7.47. The van der Waals surface area contributed by atoms with Gasteiger partial charge in [-0.05, 0) is 116 Å². The highest BCUT2D eigenvalue weighted by Gasteiger charge is 2.26. The number of phosphoric ester groups is 1. The predicted octanol–water partition coefficient (Wildman–Crippen LogP) is 23.6. The summed E-state index contributed by atoms with van der Waals surface area (Å²) >= 11 is 0.